The molecule has 85 heavy (non-hydrogen) atoms. The van der Waals surface area contributed by atoms with Crippen molar-refractivity contribution in [2.45, 2.75) is 154 Å². The summed E-state index contributed by atoms with van der Waals surface area (Å²) in [5.41, 5.74) is 16.7. The Kier molecular flexibility index (Phi) is 32.5. The number of nitrogen functional groups attached to an aromatic ring is 1. The zero-order valence-corrected chi connectivity index (χ0v) is 55.9. The number of hydrogen-bond donors (Lipinski definition) is 1. The van der Waals surface area contributed by atoms with Gasteiger partial charge in [0, 0.05) is 48.2 Å². The third-order valence-electron chi connectivity index (χ3n) is 14.0. The van der Waals surface area contributed by atoms with Crippen LogP contribution < -0.4 is 15.2 Å². The van der Waals surface area contributed by atoms with Gasteiger partial charge in [-0.3, -0.25) is 29.0 Å². The Morgan fingerprint density at radius 2 is 0.871 bits per heavy atom. The second-order valence-electron chi connectivity index (χ2n) is 25.0. The molecule has 464 valence electrons. The molecule has 0 unspecified atom stereocenters. The Hall–Kier alpha value is -6.11. The van der Waals surface area contributed by atoms with Crippen molar-refractivity contribution in [3.05, 3.63) is 166 Å². The van der Waals surface area contributed by atoms with Crippen molar-refractivity contribution < 1.29 is 38.2 Å². The Morgan fingerprint density at radius 1 is 0.494 bits per heavy atom. The van der Waals surface area contributed by atoms with Gasteiger partial charge in [-0.2, -0.15) is 0 Å². The predicted octanol–water partition coefficient (Wildman–Crippen LogP) is 17.5. The van der Waals surface area contributed by atoms with Gasteiger partial charge in [-0.15, -0.1) is 0 Å². The number of aliphatic imine (C=N–C) groups is 1. The highest BCUT2D eigenvalue weighted by Gasteiger charge is 2.30. The lowest BCUT2D eigenvalue weighted by Crippen LogP contribution is -2.22. The minimum atomic E-state index is -1.14. The fraction of sp³-hybridized carbons (Fsp3) is 0.465. The number of halogens is 3. The average Bonchev–Trinajstić information content (AvgIpc) is 3.38. The largest absolute Gasteiger partial charge is 0.501 e. The molecular formula is C71H96Cl3N3O8. The van der Waals surface area contributed by atoms with Crippen molar-refractivity contribution in [2.75, 3.05) is 46.7 Å². The van der Waals surface area contributed by atoms with E-state index in [1.54, 1.807) is 27.4 Å². The molecule has 11 nitrogen and oxygen atoms in total. The molecule has 0 saturated heterocycles. The quantitative estimate of drug-likeness (QED) is 0.0823. The summed E-state index contributed by atoms with van der Waals surface area (Å²) < 4.78 is 15.4. The predicted molar refractivity (Wildman–Crippen MR) is 355 cm³/mol. The lowest BCUT2D eigenvalue weighted by molar-refractivity contribution is -0.127. The Morgan fingerprint density at radius 3 is 1.21 bits per heavy atom. The maximum Gasteiger partial charge on any atom is 0.304 e. The minimum Gasteiger partial charge on any atom is -0.501 e. The summed E-state index contributed by atoms with van der Waals surface area (Å²) in [7, 11) is 4.98. The number of ketones is 3. The molecule has 4 aromatic carbocycles. The normalized spacial score (nSPS) is 17.3. The molecule has 4 aromatic rings. The summed E-state index contributed by atoms with van der Waals surface area (Å²) in [4.78, 5) is 59.8. The van der Waals surface area contributed by atoms with Crippen LogP contribution in [0.25, 0.3) is 0 Å². The highest BCUT2D eigenvalue weighted by atomic mass is 35.5. The number of aryl methyl sites for hydroxylation is 2. The number of nitrogens with zero attached hydrogens (tertiary/aromatic N) is 2. The van der Waals surface area contributed by atoms with Crippen LogP contribution in [0.1, 0.15) is 150 Å². The van der Waals surface area contributed by atoms with Gasteiger partial charge in [-0.05, 0) is 195 Å². The van der Waals surface area contributed by atoms with Crippen LogP contribution >= 0.6 is 34.8 Å². The van der Waals surface area contributed by atoms with E-state index in [2.05, 4.69) is 166 Å². The van der Waals surface area contributed by atoms with Crippen LogP contribution in [0.3, 0.4) is 0 Å². The molecule has 14 heteroatoms. The third-order valence-corrected chi connectivity index (χ3v) is 14.7. The summed E-state index contributed by atoms with van der Waals surface area (Å²) in [5, 5.41) is -1.59. The van der Waals surface area contributed by atoms with Gasteiger partial charge in [-0.1, -0.05) is 159 Å². The summed E-state index contributed by atoms with van der Waals surface area (Å²) >= 11 is 14.7. The first-order valence-electron chi connectivity index (χ1n) is 29.1. The van der Waals surface area contributed by atoms with E-state index in [0.29, 0.717) is 24.3 Å². The maximum atomic E-state index is 11.7. The third kappa shape index (κ3) is 32.3. The number of carbonyl (C=O) groups excluding carboxylic acids is 5. The SMILES string of the molecule is CC1(C)CC(=O)C=C(Cl)C1.CCN(CC)CC.COC1=CC(=O)CC(C)(C)C1.COc1ccc(CC2=CC(=Nc3ccc(C)cc3)CC(C)(C)C2)cc1.COc1ccc(CC2=CC(=O)CC(C)(C)C2)cc1.Cc1ccc(N)cc1.O=C(Cl)C(=O)Cl. The Bertz CT molecular complexity index is 2890. The first-order valence-corrected chi connectivity index (χ1v) is 30.3. The molecule has 8 rings (SSSR count). The molecule has 0 aromatic heterocycles. The second kappa shape index (κ2) is 36.8. The molecule has 2 N–H and O–H groups in total. The number of hydrogen-bond acceptors (Lipinski definition) is 11. The van der Waals surface area contributed by atoms with Crippen LogP contribution in [0.2, 0.25) is 0 Å². The molecule has 4 aliphatic rings. The zero-order chi connectivity index (χ0) is 64.1. The van der Waals surface area contributed by atoms with E-state index in [1.165, 1.54) is 64.8 Å². The number of ether oxygens (including phenoxy) is 3. The highest BCUT2D eigenvalue weighted by molar-refractivity contribution is 6.97. The van der Waals surface area contributed by atoms with Crippen molar-refractivity contribution in [3.8, 4) is 11.5 Å². The average molecular weight is 1230 g/mol. The fourth-order valence-corrected chi connectivity index (χ4v) is 10.5. The number of rotatable bonds is 12. The fourth-order valence-electron chi connectivity index (χ4n) is 10.0. The van der Waals surface area contributed by atoms with E-state index >= 15 is 0 Å². The molecule has 0 aliphatic heterocycles. The van der Waals surface area contributed by atoms with Gasteiger partial charge in [-0.25, -0.2) is 0 Å². The van der Waals surface area contributed by atoms with Crippen molar-refractivity contribution in [2.24, 2.45) is 26.7 Å². The molecule has 0 heterocycles. The lowest BCUT2D eigenvalue weighted by Gasteiger charge is -2.31. The summed E-state index contributed by atoms with van der Waals surface area (Å²) in [5.74, 6) is 3.18. The van der Waals surface area contributed by atoms with Crippen molar-refractivity contribution in [1.29, 1.82) is 0 Å². The molecule has 0 atom stereocenters. The summed E-state index contributed by atoms with van der Waals surface area (Å²) in [6.07, 6.45) is 15.9. The Balaban J connectivity index is 0.000000361. The van der Waals surface area contributed by atoms with Crippen LogP contribution in [-0.4, -0.2) is 79.4 Å². The monoisotopic (exact) mass is 1220 g/mol. The van der Waals surface area contributed by atoms with Crippen LogP contribution in [0.15, 0.2) is 148 Å². The summed E-state index contributed by atoms with van der Waals surface area (Å²) in [6, 6.07) is 32.6. The topological polar surface area (TPSA) is 155 Å². The van der Waals surface area contributed by atoms with E-state index < -0.39 is 10.5 Å². The molecule has 0 radical (unpaired) electrons. The molecule has 4 aliphatic carbocycles. The van der Waals surface area contributed by atoms with Gasteiger partial charge in [0.25, 0.3) is 0 Å². The van der Waals surface area contributed by atoms with Gasteiger partial charge in [0.2, 0.25) is 0 Å². The Labute approximate surface area is 524 Å². The van der Waals surface area contributed by atoms with E-state index in [4.69, 9.17) is 36.5 Å². The zero-order valence-electron chi connectivity index (χ0n) is 53.6. The van der Waals surface area contributed by atoms with Gasteiger partial charge in [0.1, 0.15) is 11.5 Å². The minimum absolute atomic E-state index is 0.0723. The van der Waals surface area contributed by atoms with E-state index in [-0.39, 0.29) is 39.0 Å². The van der Waals surface area contributed by atoms with Crippen LogP contribution in [0.4, 0.5) is 11.4 Å². The number of methoxy groups -OCH3 is 3. The molecule has 0 spiro atoms. The second-order valence-corrected chi connectivity index (χ2v) is 26.2. The van der Waals surface area contributed by atoms with Crippen LogP contribution in [0.5, 0.6) is 11.5 Å². The standard InChI is InChI=1S/C23H27NO.C16H20O2.C9H14O2.C8H11ClO.C7H9N.C6H15N.C2Cl2O2/c1-17-5-9-20(10-6-17)24-21-14-19(15-23(2,3)16-21)13-18-7-11-22(25-4)12-8-18;1-16(2)10-13(9-14(17)11-16)8-12-4-6-15(18-3)7-5-12;1-9(2)5-7(10)4-8(6-9)11-3;1-8(2)4-6(9)3-7(10)5-8;1-6-2-4-7(8)5-3-6;1-4-7(5-2)6-3;3-1(5)2(4)6/h5-12,14H,13,15-16H2,1-4H3;4-7,9H,8,10-11H2,1-3H3;4H,5-6H2,1-3H3;3H,4-5H2,1-2H3;2-5H,8H2,1H3;4-6H2,1-3H3;. The van der Waals surface area contributed by atoms with E-state index in [9.17, 15) is 24.0 Å². The number of allylic oxidation sites excluding steroid dienone is 8. The smallest absolute Gasteiger partial charge is 0.304 e. The van der Waals surface area contributed by atoms with Gasteiger partial charge in [0.05, 0.1) is 32.8 Å². The molecule has 0 fully saturated rings. The first-order chi connectivity index (χ1) is 39.7. The number of carbonyl (C=O) groups is 5. The molecule has 0 amide bonds. The molecule has 0 saturated carbocycles. The van der Waals surface area contributed by atoms with Crippen molar-refractivity contribution in [1.82, 2.24) is 4.90 Å². The number of nitrogens with two attached hydrogens (primary N) is 1. The highest BCUT2D eigenvalue weighted by Crippen LogP contribution is 2.38. The number of anilines is 1. The molecule has 0 bridgehead atoms. The van der Waals surface area contributed by atoms with Crippen molar-refractivity contribution in [3.63, 3.8) is 0 Å². The van der Waals surface area contributed by atoms with Gasteiger partial charge >= 0.3 is 10.5 Å². The maximum absolute atomic E-state index is 11.7. The summed E-state index contributed by atoms with van der Waals surface area (Å²) in [6.45, 7) is 31.5. The van der Waals surface area contributed by atoms with Crippen LogP contribution in [-0.2, 0) is 41.6 Å². The van der Waals surface area contributed by atoms with Crippen LogP contribution in [0, 0.1) is 35.5 Å². The van der Waals surface area contributed by atoms with Gasteiger partial charge < -0.3 is 24.8 Å². The first kappa shape index (κ1) is 75.0. The lowest BCUT2D eigenvalue weighted by atomic mass is 9.75. The number of benzene rings is 4. The van der Waals surface area contributed by atoms with E-state index in [0.717, 1.165) is 73.6 Å². The van der Waals surface area contributed by atoms with E-state index in [1.807, 2.05) is 61.5 Å². The molecular weight excluding hydrogens is 1130 g/mol. The van der Waals surface area contributed by atoms with Gasteiger partial charge in [0.15, 0.2) is 17.3 Å². The van der Waals surface area contributed by atoms with Crippen molar-refractivity contribution >= 4 is 79.7 Å².